The predicted molar refractivity (Wildman–Crippen MR) is 54.9 cm³/mol. The zero-order valence-electron chi connectivity index (χ0n) is 8.73. The molecule has 0 unspecified atom stereocenters. The molecule has 0 N–H and O–H groups in total. The SMILES string of the molecule is COc1nn(CC(C)(C)SC)c(=O)o1. The van der Waals surface area contributed by atoms with Crippen molar-refractivity contribution in [2.24, 2.45) is 0 Å². The average Bonchev–Trinajstić information content (AvgIpc) is 2.47. The smallest absolute Gasteiger partial charge is 0.439 e. The summed E-state index contributed by atoms with van der Waals surface area (Å²) >= 11 is 1.67. The normalized spacial score (nSPS) is 11.7. The quantitative estimate of drug-likeness (QED) is 0.754. The first-order valence-electron chi connectivity index (χ1n) is 4.15. The van der Waals surface area contributed by atoms with E-state index in [1.165, 1.54) is 11.8 Å². The molecule has 0 aliphatic heterocycles. The van der Waals surface area contributed by atoms with E-state index >= 15 is 0 Å². The van der Waals surface area contributed by atoms with Crippen molar-refractivity contribution in [3.8, 4) is 6.08 Å². The Morgan fingerprint density at radius 3 is 2.71 bits per heavy atom. The highest BCUT2D eigenvalue weighted by Crippen LogP contribution is 2.22. The summed E-state index contributed by atoms with van der Waals surface area (Å²) in [6.45, 7) is 4.57. The number of methoxy groups -OCH3 is 1. The van der Waals surface area contributed by atoms with Crippen LogP contribution in [0.4, 0.5) is 0 Å². The van der Waals surface area contributed by atoms with Crippen molar-refractivity contribution in [1.82, 2.24) is 9.78 Å². The number of thioether (sulfide) groups is 1. The van der Waals surface area contributed by atoms with Crippen LogP contribution in [0.1, 0.15) is 13.8 Å². The van der Waals surface area contributed by atoms with E-state index in [9.17, 15) is 4.79 Å². The Kier molecular flexibility index (Phi) is 3.25. The largest absolute Gasteiger partial charge is 0.452 e. The van der Waals surface area contributed by atoms with Gasteiger partial charge in [0.05, 0.1) is 13.7 Å². The van der Waals surface area contributed by atoms with Gasteiger partial charge in [-0.1, -0.05) is 5.10 Å². The summed E-state index contributed by atoms with van der Waals surface area (Å²) in [4.78, 5) is 11.2. The third-order valence-electron chi connectivity index (χ3n) is 1.85. The molecule has 80 valence electrons. The van der Waals surface area contributed by atoms with Gasteiger partial charge in [-0.3, -0.25) is 0 Å². The van der Waals surface area contributed by atoms with E-state index in [0.717, 1.165) is 0 Å². The van der Waals surface area contributed by atoms with Crippen LogP contribution in [0.25, 0.3) is 0 Å². The lowest BCUT2D eigenvalue weighted by atomic mass is 10.2. The summed E-state index contributed by atoms with van der Waals surface area (Å²) in [5.41, 5.74) is 0. The van der Waals surface area contributed by atoms with Gasteiger partial charge >= 0.3 is 11.8 Å². The van der Waals surface area contributed by atoms with Gasteiger partial charge in [0.2, 0.25) is 0 Å². The van der Waals surface area contributed by atoms with E-state index in [0.29, 0.717) is 6.54 Å². The molecule has 0 spiro atoms. The fraction of sp³-hybridized carbons (Fsp3) is 0.750. The maximum Gasteiger partial charge on any atom is 0.439 e. The van der Waals surface area contributed by atoms with Gasteiger partial charge in [-0.2, -0.15) is 16.4 Å². The molecule has 1 aromatic heterocycles. The van der Waals surface area contributed by atoms with Crippen molar-refractivity contribution in [1.29, 1.82) is 0 Å². The van der Waals surface area contributed by atoms with Gasteiger partial charge in [0.1, 0.15) is 0 Å². The minimum absolute atomic E-state index is 0.00639. The maximum atomic E-state index is 11.2. The Morgan fingerprint density at radius 2 is 2.29 bits per heavy atom. The van der Waals surface area contributed by atoms with Crippen molar-refractivity contribution in [2.45, 2.75) is 25.1 Å². The molecule has 14 heavy (non-hydrogen) atoms. The second kappa shape index (κ2) is 4.08. The molecule has 0 aromatic carbocycles. The average molecular weight is 218 g/mol. The number of rotatable bonds is 4. The van der Waals surface area contributed by atoms with E-state index in [-0.39, 0.29) is 10.8 Å². The van der Waals surface area contributed by atoms with Crippen LogP contribution in [0.2, 0.25) is 0 Å². The van der Waals surface area contributed by atoms with Crippen LogP contribution < -0.4 is 10.5 Å². The van der Waals surface area contributed by atoms with Gasteiger partial charge < -0.3 is 9.15 Å². The standard InChI is InChI=1S/C8H14N2O3S/c1-8(2,14-4)5-10-7(11)13-6(9-10)12-3/h5H2,1-4H3. The molecule has 1 rings (SSSR count). The molecule has 0 aliphatic rings. The van der Waals surface area contributed by atoms with E-state index in [2.05, 4.69) is 5.10 Å². The Labute approximate surface area is 86.4 Å². The molecule has 0 fully saturated rings. The lowest BCUT2D eigenvalue weighted by Crippen LogP contribution is -2.29. The van der Waals surface area contributed by atoms with Crippen molar-refractivity contribution >= 4 is 11.8 Å². The van der Waals surface area contributed by atoms with Crippen LogP contribution >= 0.6 is 11.8 Å². The van der Waals surface area contributed by atoms with Crippen molar-refractivity contribution in [3.05, 3.63) is 10.6 Å². The molecule has 0 bridgehead atoms. The first-order valence-corrected chi connectivity index (χ1v) is 5.38. The summed E-state index contributed by atoms with van der Waals surface area (Å²) in [5.74, 6) is -0.482. The Morgan fingerprint density at radius 1 is 1.64 bits per heavy atom. The van der Waals surface area contributed by atoms with Crippen molar-refractivity contribution in [3.63, 3.8) is 0 Å². The van der Waals surface area contributed by atoms with E-state index in [1.807, 2.05) is 20.1 Å². The van der Waals surface area contributed by atoms with Gasteiger partial charge in [0, 0.05) is 4.75 Å². The summed E-state index contributed by atoms with van der Waals surface area (Å²) < 4.78 is 10.7. The molecule has 0 amide bonds. The first kappa shape index (κ1) is 11.2. The molecule has 6 heteroatoms. The third kappa shape index (κ3) is 2.54. The highest BCUT2D eigenvalue weighted by Gasteiger charge is 2.20. The molecular formula is C8H14N2O3S. The number of nitrogens with zero attached hydrogens (tertiary/aromatic N) is 2. The molecule has 0 aliphatic carbocycles. The molecule has 1 aromatic rings. The van der Waals surface area contributed by atoms with Crippen LogP contribution in [-0.2, 0) is 6.54 Å². The van der Waals surface area contributed by atoms with E-state index in [1.54, 1.807) is 11.8 Å². The molecule has 0 saturated carbocycles. The van der Waals surface area contributed by atoms with Crippen LogP contribution in [0.3, 0.4) is 0 Å². The van der Waals surface area contributed by atoms with Gasteiger partial charge in [0.25, 0.3) is 0 Å². The lowest BCUT2D eigenvalue weighted by Gasteiger charge is -2.20. The molecule has 0 atom stereocenters. The Hall–Kier alpha value is -0.910. The van der Waals surface area contributed by atoms with Gasteiger partial charge in [-0.15, -0.1) is 0 Å². The molecule has 1 heterocycles. The van der Waals surface area contributed by atoms with Gasteiger partial charge in [-0.05, 0) is 20.1 Å². The Bertz CT molecular complexity index is 356. The monoisotopic (exact) mass is 218 g/mol. The number of ether oxygens (including phenoxy) is 1. The number of hydrogen-bond donors (Lipinski definition) is 0. The minimum atomic E-state index is -0.482. The second-order valence-electron chi connectivity index (χ2n) is 3.46. The lowest BCUT2D eigenvalue weighted by molar-refractivity contribution is 0.282. The topological polar surface area (TPSA) is 57.3 Å². The van der Waals surface area contributed by atoms with E-state index in [4.69, 9.17) is 9.15 Å². The van der Waals surface area contributed by atoms with Crippen molar-refractivity contribution < 1.29 is 9.15 Å². The summed E-state index contributed by atoms with van der Waals surface area (Å²) in [6.07, 6.45) is 1.99. The van der Waals surface area contributed by atoms with E-state index < -0.39 is 5.76 Å². The van der Waals surface area contributed by atoms with Crippen LogP contribution in [-0.4, -0.2) is 27.9 Å². The zero-order valence-corrected chi connectivity index (χ0v) is 9.55. The van der Waals surface area contributed by atoms with Crippen LogP contribution in [0.15, 0.2) is 9.21 Å². The van der Waals surface area contributed by atoms with Gasteiger partial charge in [0.15, 0.2) is 0 Å². The third-order valence-corrected chi connectivity index (χ3v) is 3.08. The summed E-state index contributed by atoms with van der Waals surface area (Å²) in [7, 11) is 1.41. The highest BCUT2D eigenvalue weighted by atomic mass is 32.2. The first-order chi connectivity index (χ1) is 6.48. The predicted octanol–water partition coefficient (Wildman–Crippen LogP) is 0.986. The van der Waals surface area contributed by atoms with Gasteiger partial charge in [-0.25, -0.2) is 4.79 Å². The fourth-order valence-corrected chi connectivity index (χ4v) is 1.15. The molecule has 5 nitrogen and oxygen atoms in total. The zero-order chi connectivity index (χ0) is 10.8. The summed E-state index contributed by atoms with van der Waals surface area (Å²) in [5, 5.41) is 3.86. The van der Waals surface area contributed by atoms with Crippen LogP contribution in [0, 0.1) is 0 Å². The fourth-order valence-electron chi connectivity index (χ4n) is 0.895. The van der Waals surface area contributed by atoms with Crippen LogP contribution in [0.5, 0.6) is 6.08 Å². The summed E-state index contributed by atoms with van der Waals surface area (Å²) in [6, 6.07) is 0. The number of hydrogen-bond acceptors (Lipinski definition) is 5. The molecule has 0 saturated heterocycles. The maximum absolute atomic E-state index is 11.2. The number of aromatic nitrogens is 2. The highest BCUT2D eigenvalue weighted by molar-refractivity contribution is 7.99. The molecular weight excluding hydrogens is 204 g/mol. The molecule has 0 radical (unpaired) electrons. The Balaban J connectivity index is 2.86. The van der Waals surface area contributed by atoms with Crippen molar-refractivity contribution in [2.75, 3.05) is 13.4 Å². The second-order valence-corrected chi connectivity index (χ2v) is 4.97. The minimum Gasteiger partial charge on any atom is -0.452 e.